The monoisotopic (exact) mass is 451 g/mol. The number of carbonyl (C=O) groups excluding carboxylic acids is 1. The predicted octanol–water partition coefficient (Wildman–Crippen LogP) is 3.44. The van der Waals surface area contributed by atoms with Crippen LogP contribution in [0.5, 0.6) is 0 Å². The van der Waals surface area contributed by atoms with Crippen LogP contribution in [0, 0.1) is 11.7 Å². The molecule has 0 bridgehead atoms. The van der Waals surface area contributed by atoms with Gasteiger partial charge < -0.3 is 5.32 Å². The number of pyridine rings is 1. The van der Waals surface area contributed by atoms with E-state index in [1.54, 1.807) is 18.0 Å². The number of rotatable bonds is 8. The van der Waals surface area contributed by atoms with E-state index in [4.69, 9.17) is 0 Å². The van der Waals surface area contributed by atoms with E-state index in [0.29, 0.717) is 18.8 Å². The molecule has 1 aliphatic rings. The molecular weight excluding hydrogens is 425 g/mol. The summed E-state index contributed by atoms with van der Waals surface area (Å²) in [7, 11) is -3.87. The summed E-state index contributed by atoms with van der Waals surface area (Å²) in [4.78, 5) is 18.1. The largest absolute Gasteiger partial charge is 0.349 e. The molecule has 1 aromatic carbocycles. The fourth-order valence-corrected chi connectivity index (χ4v) is 5.79. The first kappa shape index (κ1) is 22.7. The molecule has 1 saturated heterocycles. The summed E-state index contributed by atoms with van der Waals surface area (Å²) in [6.45, 7) is 4.80. The van der Waals surface area contributed by atoms with Gasteiger partial charge in [-0.15, -0.1) is 11.8 Å². The number of hydrogen-bond donors (Lipinski definition) is 1. The molecule has 0 spiro atoms. The summed E-state index contributed by atoms with van der Waals surface area (Å²) in [6, 6.07) is 7.76. The maximum Gasteiger partial charge on any atom is 0.243 e. The Morgan fingerprint density at radius 2 is 2.03 bits per heavy atom. The lowest BCUT2D eigenvalue weighted by atomic mass is 10.2. The number of sulfonamides is 1. The Bertz CT molecular complexity index is 981. The van der Waals surface area contributed by atoms with E-state index < -0.39 is 21.9 Å². The number of nitrogens with zero attached hydrogens (tertiary/aromatic N) is 2. The van der Waals surface area contributed by atoms with Gasteiger partial charge in [0.25, 0.3) is 0 Å². The maximum absolute atomic E-state index is 13.2. The van der Waals surface area contributed by atoms with Gasteiger partial charge in [0.1, 0.15) is 11.9 Å². The van der Waals surface area contributed by atoms with Crippen LogP contribution in [0.2, 0.25) is 0 Å². The van der Waals surface area contributed by atoms with Crippen molar-refractivity contribution in [3.05, 3.63) is 54.1 Å². The zero-order chi connectivity index (χ0) is 21.7. The number of aromatic nitrogens is 1. The number of benzene rings is 1. The first-order valence-electron chi connectivity index (χ1n) is 9.90. The highest BCUT2D eigenvalue weighted by Crippen LogP contribution is 2.26. The highest BCUT2D eigenvalue weighted by Gasteiger charge is 2.39. The molecule has 1 aliphatic heterocycles. The molecule has 0 aliphatic carbocycles. The quantitative estimate of drug-likeness (QED) is 0.622. The van der Waals surface area contributed by atoms with E-state index in [0.717, 1.165) is 28.5 Å². The van der Waals surface area contributed by atoms with Crippen LogP contribution < -0.4 is 5.32 Å². The molecular formula is C21H26FN3O3S2. The smallest absolute Gasteiger partial charge is 0.243 e. The van der Waals surface area contributed by atoms with Crippen molar-refractivity contribution in [3.63, 3.8) is 0 Å². The van der Waals surface area contributed by atoms with Gasteiger partial charge >= 0.3 is 0 Å². The van der Waals surface area contributed by atoms with Crippen LogP contribution in [-0.2, 0) is 21.4 Å². The second-order valence-corrected chi connectivity index (χ2v) is 10.6. The average molecular weight is 452 g/mol. The third-order valence-corrected chi connectivity index (χ3v) is 8.08. The van der Waals surface area contributed by atoms with Crippen LogP contribution in [-0.4, -0.2) is 42.0 Å². The standard InChI is InChI=1S/C21H26FN3O3S2/c1-15(2)14-29-18-9-10-23-17(12-18)13-24-21(26)20-4-3-11-25(20)30(27,28)19-7-5-16(22)6-8-19/h5-10,12,15,20H,3-4,11,13-14H2,1-2H3,(H,24,26). The minimum Gasteiger partial charge on any atom is -0.349 e. The summed E-state index contributed by atoms with van der Waals surface area (Å²) >= 11 is 1.74. The summed E-state index contributed by atoms with van der Waals surface area (Å²) in [5, 5.41) is 2.82. The Morgan fingerprint density at radius 3 is 2.73 bits per heavy atom. The Kier molecular flexibility index (Phi) is 7.49. The van der Waals surface area contributed by atoms with Gasteiger partial charge in [0.15, 0.2) is 0 Å². The molecule has 9 heteroatoms. The summed E-state index contributed by atoms with van der Waals surface area (Å²) in [5.41, 5.74) is 0.725. The lowest BCUT2D eigenvalue weighted by Gasteiger charge is -2.23. The van der Waals surface area contributed by atoms with Crippen molar-refractivity contribution >= 4 is 27.7 Å². The molecule has 1 N–H and O–H groups in total. The normalized spacial score (nSPS) is 17.4. The van der Waals surface area contributed by atoms with Crippen LogP contribution in [0.4, 0.5) is 4.39 Å². The molecule has 2 aromatic rings. The number of nitrogens with one attached hydrogen (secondary N) is 1. The molecule has 1 unspecified atom stereocenters. The van der Waals surface area contributed by atoms with Crippen molar-refractivity contribution in [3.8, 4) is 0 Å². The van der Waals surface area contributed by atoms with Crippen molar-refractivity contribution in [1.82, 2.24) is 14.6 Å². The van der Waals surface area contributed by atoms with Gasteiger partial charge in [-0.1, -0.05) is 13.8 Å². The molecule has 2 heterocycles. The molecule has 162 valence electrons. The maximum atomic E-state index is 13.2. The van der Waals surface area contributed by atoms with Crippen LogP contribution in [0.3, 0.4) is 0 Å². The van der Waals surface area contributed by atoms with Gasteiger partial charge in [-0.05, 0) is 55.2 Å². The van der Waals surface area contributed by atoms with E-state index in [1.165, 1.54) is 16.4 Å². The Labute approximate surface area is 181 Å². The number of thioether (sulfide) groups is 1. The first-order valence-corrected chi connectivity index (χ1v) is 12.3. The molecule has 30 heavy (non-hydrogen) atoms. The highest BCUT2D eigenvalue weighted by atomic mass is 32.2. The zero-order valence-electron chi connectivity index (χ0n) is 17.0. The molecule has 1 atom stereocenters. The third-order valence-electron chi connectivity index (χ3n) is 4.74. The number of amides is 1. The predicted molar refractivity (Wildman–Crippen MR) is 115 cm³/mol. The number of carbonyl (C=O) groups is 1. The van der Waals surface area contributed by atoms with Gasteiger partial charge in [0, 0.05) is 23.4 Å². The summed E-state index contributed by atoms with van der Waals surface area (Å²) in [6.07, 6.45) is 2.76. The molecule has 6 nitrogen and oxygen atoms in total. The van der Waals surface area contributed by atoms with Crippen molar-refractivity contribution in [1.29, 1.82) is 0 Å². The van der Waals surface area contributed by atoms with E-state index in [-0.39, 0.29) is 23.9 Å². The van der Waals surface area contributed by atoms with E-state index in [9.17, 15) is 17.6 Å². The zero-order valence-corrected chi connectivity index (χ0v) is 18.7. The fourth-order valence-electron chi connectivity index (χ4n) is 3.23. The van der Waals surface area contributed by atoms with Crippen molar-refractivity contribution < 1.29 is 17.6 Å². The topological polar surface area (TPSA) is 79.4 Å². The second-order valence-electron chi connectivity index (χ2n) is 7.63. The van der Waals surface area contributed by atoms with Crippen molar-refractivity contribution in [2.45, 2.75) is 49.1 Å². The van der Waals surface area contributed by atoms with Crippen molar-refractivity contribution in [2.24, 2.45) is 5.92 Å². The fraction of sp³-hybridized carbons (Fsp3) is 0.429. The molecule has 0 saturated carbocycles. The Hall–Kier alpha value is -1.97. The molecule has 3 rings (SSSR count). The van der Waals surface area contributed by atoms with Crippen molar-refractivity contribution in [2.75, 3.05) is 12.3 Å². The van der Waals surface area contributed by atoms with Gasteiger partial charge in [0.05, 0.1) is 17.1 Å². The summed E-state index contributed by atoms with van der Waals surface area (Å²) < 4.78 is 40.2. The van der Waals surface area contributed by atoms with Crippen LogP contribution in [0.15, 0.2) is 52.4 Å². The minimum absolute atomic E-state index is 0.0138. The molecule has 0 radical (unpaired) electrons. The second kappa shape index (κ2) is 9.89. The van der Waals surface area contributed by atoms with E-state index in [2.05, 4.69) is 24.1 Å². The van der Waals surface area contributed by atoms with Crippen LogP contribution in [0.1, 0.15) is 32.4 Å². The number of hydrogen-bond acceptors (Lipinski definition) is 5. The Morgan fingerprint density at radius 1 is 1.30 bits per heavy atom. The van der Waals surface area contributed by atoms with Gasteiger partial charge in [-0.25, -0.2) is 12.8 Å². The van der Waals surface area contributed by atoms with Crippen LogP contribution in [0.25, 0.3) is 0 Å². The third kappa shape index (κ3) is 5.59. The van der Waals surface area contributed by atoms with E-state index >= 15 is 0 Å². The van der Waals surface area contributed by atoms with Gasteiger partial charge in [-0.2, -0.15) is 4.31 Å². The lowest BCUT2D eigenvalue weighted by Crippen LogP contribution is -2.45. The van der Waals surface area contributed by atoms with E-state index in [1.807, 2.05) is 12.1 Å². The lowest BCUT2D eigenvalue weighted by molar-refractivity contribution is -0.124. The first-order chi connectivity index (χ1) is 14.3. The number of halogens is 1. The van der Waals surface area contributed by atoms with Crippen LogP contribution >= 0.6 is 11.8 Å². The molecule has 1 aromatic heterocycles. The summed E-state index contributed by atoms with van der Waals surface area (Å²) in [5.74, 6) is 0.711. The van der Waals surface area contributed by atoms with Gasteiger partial charge in [0.2, 0.25) is 15.9 Å². The Balaban J connectivity index is 1.65. The molecule has 1 fully saturated rings. The highest BCUT2D eigenvalue weighted by molar-refractivity contribution is 7.99. The van der Waals surface area contributed by atoms with Gasteiger partial charge in [-0.3, -0.25) is 9.78 Å². The molecule has 1 amide bonds. The minimum atomic E-state index is -3.87. The SMILES string of the molecule is CC(C)CSc1ccnc(CNC(=O)C2CCCN2S(=O)(=O)c2ccc(F)cc2)c1. The average Bonchev–Trinajstić information content (AvgIpc) is 3.22.